The molecule has 0 aliphatic rings. The van der Waals surface area contributed by atoms with Gasteiger partial charge in [0.2, 0.25) is 0 Å². The molecule has 0 bridgehead atoms. The molecule has 0 saturated heterocycles. The maximum atomic E-state index is 10.5. The van der Waals surface area contributed by atoms with Crippen LogP contribution in [0.4, 0.5) is 0 Å². The van der Waals surface area contributed by atoms with Gasteiger partial charge < -0.3 is 5.73 Å². The van der Waals surface area contributed by atoms with Crippen LogP contribution in [0.1, 0.15) is 10.4 Å². The van der Waals surface area contributed by atoms with Gasteiger partial charge in [-0.3, -0.25) is 4.79 Å². The second-order valence-corrected chi connectivity index (χ2v) is 2.18. The second kappa shape index (κ2) is 2.66. The Morgan fingerprint density at radius 2 is 2.40 bits per heavy atom. The summed E-state index contributed by atoms with van der Waals surface area (Å²) >= 11 is 5.59. The number of hydrogen-bond acceptors (Lipinski definition) is 1. The number of nitrogens with two attached hydrogens (primary N) is 1. The molecule has 0 fully saturated rings. The molecule has 0 spiro atoms. The van der Waals surface area contributed by atoms with Crippen LogP contribution < -0.4 is 10.7 Å². The number of rotatable bonds is 1. The number of pyridine rings is 1. The molecule has 1 heterocycles. The Morgan fingerprint density at radius 3 is 2.80 bits per heavy atom. The Kier molecular flexibility index (Phi) is 1.87. The summed E-state index contributed by atoms with van der Waals surface area (Å²) < 4.78 is 0. The van der Waals surface area contributed by atoms with Gasteiger partial charge in [-0.1, -0.05) is 11.6 Å². The Hall–Kier alpha value is -1.09. The number of aromatic nitrogens is 1. The van der Waals surface area contributed by atoms with Gasteiger partial charge in [-0.25, -0.2) is 4.98 Å². The first-order chi connectivity index (χ1) is 4.72. The molecule has 0 aliphatic carbocycles. The molecule has 0 radical (unpaired) electrons. The molecule has 52 valence electrons. The van der Waals surface area contributed by atoms with Crippen LogP contribution in [0.3, 0.4) is 0 Å². The van der Waals surface area contributed by atoms with Crippen LogP contribution in [-0.4, -0.2) is 5.91 Å². The molecule has 4 heteroatoms. The first-order valence-electron chi connectivity index (χ1n) is 2.67. The fourth-order valence-electron chi connectivity index (χ4n) is 0.610. The third-order valence-corrected chi connectivity index (χ3v) is 1.39. The van der Waals surface area contributed by atoms with E-state index in [-0.39, 0.29) is 0 Å². The number of H-pyrrole nitrogens is 1. The van der Waals surface area contributed by atoms with Crippen molar-refractivity contribution in [2.75, 3.05) is 0 Å². The summed E-state index contributed by atoms with van der Waals surface area (Å²) in [5.41, 5.74) is 5.31. The number of aromatic amines is 1. The Morgan fingerprint density at radius 1 is 1.70 bits per heavy atom. The topological polar surface area (TPSA) is 57.2 Å². The van der Waals surface area contributed by atoms with Crippen LogP contribution in [-0.2, 0) is 0 Å². The maximum Gasteiger partial charge on any atom is 0.250 e. The molecule has 0 saturated carbocycles. The van der Waals surface area contributed by atoms with Crippen LogP contribution >= 0.6 is 11.6 Å². The standard InChI is InChI=1S/C6H5ClN2O/c7-5-3-9-2-1-4(5)6(8)10/h1-3H,(H2,8,10)/p+1. The molecule has 1 aromatic rings. The molecule has 1 aromatic heterocycles. The van der Waals surface area contributed by atoms with Gasteiger partial charge in [-0.15, -0.1) is 0 Å². The zero-order valence-electron chi connectivity index (χ0n) is 5.10. The van der Waals surface area contributed by atoms with Gasteiger partial charge in [-0.2, -0.15) is 0 Å². The van der Waals surface area contributed by atoms with E-state index in [1.807, 2.05) is 0 Å². The van der Waals surface area contributed by atoms with E-state index in [4.69, 9.17) is 17.3 Å². The lowest BCUT2D eigenvalue weighted by Crippen LogP contribution is -2.13. The van der Waals surface area contributed by atoms with Crippen LogP contribution in [0.2, 0.25) is 5.02 Å². The second-order valence-electron chi connectivity index (χ2n) is 1.77. The average molecular weight is 158 g/mol. The zero-order valence-corrected chi connectivity index (χ0v) is 5.85. The lowest BCUT2D eigenvalue weighted by molar-refractivity contribution is -0.377. The van der Waals surface area contributed by atoms with Gasteiger partial charge in [-0.05, 0) is 0 Å². The van der Waals surface area contributed by atoms with Crippen molar-refractivity contribution < 1.29 is 9.78 Å². The summed E-state index contributed by atoms with van der Waals surface area (Å²) in [6.07, 6.45) is 3.09. The minimum absolute atomic E-state index is 0.334. The smallest absolute Gasteiger partial charge is 0.250 e. The molecular formula is C6H6ClN2O+. The van der Waals surface area contributed by atoms with E-state index in [1.54, 1.807) is 6.20 Å². The summed E-state index contributed by atoms with van der Waals surface area (Å²) in [6, 6.07) is 1.53. The highest BCUT2D eigenvalue weighted by Crippen LogP contribution is 2.09. The number of primary amides is 1. The fraction of sp³-hybridized carbons (Fsp3) is 0. The van der Waals surface area contributed by atoms with E-state index in [0.717, 1.165) is 0 Å². The van der Waals surface area contributed by atoms with Gasteiger partial charge in [0.25, 0.3) is 5.91 Å². The van der Waals surface area contributed by atoms with Gasteiger partial charge in [0, 0.05) is 6.07 Å². The lowest BCUT2D eigenvalue weighted by atomic mass is 10.3. The Bertz CT molecular complexity index is 262. The van der Waals surface area contributed by atoms with Crippen molar-refractivity contribution in [2.45, 2.75) is 0 Å². The number of carbonyl (C=O) groups excluding carboxylic acids is 1. The molecule has 0 aromatic carbocycles. The highest BCUT2D eigenvalue weighted by atomic mass is 35.5. The number of hydrogen-bond donors (Lipinski definition) is 1. The number of carbonyl (C=O) groups is 1. The van der Waals surface area contributed by atoms with Crippen LogP contribution in [0.15, 0.2) is 18.5 Å². The molecule has 10 heavy (non-hydrogen) atoms. The van der Waals surface area contributed by atoms with Gasteiger partial charge >= 0.3 is 0 Å². The summed E-state index contributed by atoms with van der Waals surface area (Å²) in [4.78, 5) is 13.3. The van der Waals surface area contributed by atoms with Crippen LogP contribution in [0, 0.1) is 0 Å². The van der Waals surface area contributed by atoms with Crippen LogP contribution in [0.5, 0.6) is 0 Å². The summed E-state index contributed by atoms with van der Waals surface area (Å²) in [5.74, 6) is -0.515. The Labute approximate surface area is 62.8 Å². The first kappa shape index (κ1) is 7.02. The molecule has 3 nitrogen and oxygen atoms in total. The molecule has 1 amide bonds. The molecule has 1 rings (SSSR count). The molecule has 0 unspecified atom stereocenters. The van der Waals surface area contributed by atoms with Crippen molar-refractivity contribution in [1.82, 2.24) is 0 Å². The van der Waals surface area contributed by atoms with E-state index in [1.165, 1.54) is 12.3 Å². The first-order valence-corrected chi connectivity index (χ1v) is 3.05. The van der Waals surface area contributed by atoms with E-state index >= 15 is 0 Å². The van der Waals surface area contributed by atoms with Crippen LogP contribution in [0.25, 0.3) is 0 Å². The van der Waals surface area contributed by atoms with Crippen molar-refractivity contribution >= 4 is 17.5 Å². The van der Waals surface area contributed by atoms with Gasteiger partial charge in [0.15, 0.2) is 12.4 Å². The van der Waals surface area contributed by atoms with Crippen molar-refractivity contribution in [3.63, 3.8) is 0 Å². The monoisotopic (exact) mass is 157 g/mol. The van der Waals surface area contributed by atoms with Crippen molar-refractivity contribution in [3.05, 3.63) is 29.0 Å². The van der Waals surface area contributed by atoms with E-state index in [2.05, 4.69) is 4.98 Å². The minimum Gasteiger partial charge on any atom is -0.366 e. The molecule has 3 N–H and O–H groups in total. The number of amides is 1. The normalized spacial score (nSPS) is 9.30. The van der Waals surface area contributed by atoms with Gasteiger partial charge in [0.1, 0.15) is 5.02 Å². The predicted octanol–water partition coefficient (Wildman–Crippen LogP) is 0.253. The average Bonchev–Trinajstić information content (AvgIpc) is 1.88. The SMILES string of the molecule is NC(=O)c1cc[nH+]cc1Cl. The van der Waals surface area contributed by atoms with E-state index in [0.29, 0.717) is 10.6 Å². The van der Waals surface area contributed by atoms with Crippen molar-refractivity contribution in [2.24, 2.45) is 5.73 Å². The molecular weight excluding hydrogens is 152 g/mol. The third kappa shape index (κ3) is 1.25. The highest BCUT2D eigenvalue weighted by Gasteiger charge is 2.06. The fourth-order valence-corrected chi connectivity index (χ4v) is 0.829. The number of nitrogens with one attached hydrogen (secondary N) is 1. The summed E-state index contributed by atoms with van der Waals surface area (Å²) in [7, 11) is 0. The minimum atomic E-state index is -0.515. The number of halogens is 1. The maximum absolute atomic E-state index is 10.5. The van der Waals surface area contributed by atoms with Crippen molar-refractivity contribution in [1.29, 1.82) is 0 Å². The van der Waals surface area contributed by atoms with E-state index < -0.39 is 5.91 Å². The largest absolute Gasteiger partial charge is 0.366 e. The summed E-state index contributed by atoms with van der Waals surface area (Å²) in [6.45, 7) is 0. The lowest BCUT2D eigenvalue weighted by Gasteiger charge is -1.91. The predicted molar refractivity (Wildman–Crippen MR) is 36.5 cm³/mol. The van der Waals surface area contributed by atoms with Gasteiger partial charge in [0.05, 0.1) is 5.56 Å². The Balaban J connectivity index is 3.15. The third-order valence-electron chi connectivity index (χ3n) is 1.08. The van der Waals surface area contributed by atoms with Crippen molar-refractivity contribution in [3.8, 4) is 0 Å². The zero-order chi connectivity index (χ0) is 7.56. The quantitative estimate of drug-likeness (QED) is 0.625. The summed E-state index contributed by atoms with van der Waals surface area (Å²) in [5, 5.41) is 0.343. The molecule has 0 atom stereocenters. The van der Waals surface area contributed by atoms with E-state index in [9.17, 15) is 4.79 Å². The highest BCUT2D eigenvalue weighted by molar-refractivity contribution is 6.33. The molecule has 0 aliphatic heterocycles.